The van der Waals surface area contributed by atoms with E-state index in [0.29, 0.717) is 21.8 Å². The van der Waals surface area contributed by atoms with Crippen LogP contribution in [0.15, 0.2) is 35.5 Å². The van der Waals surface area contributed by atoms with Crippen molar-refractivity contribution >= 4 is 40.4 Å². The SMILES string of the molecule is CN=Cc1cc(-c2cnc3nc(N4CCNCC4)cc(Cl)c3c2)cc(F)c1N. The van der Waals surface area contributed by atoms with Gasteiger partial charge in [-0.05, 0) is 23.8 Å². The highest BCUT2D eigenvalue weighted by molar-refractivity contribution is 6.35. The Morgan fingerprint density at radius 2 is 2.00 bits per heavy atom. The summed E-state index contributed by atoms with van der Waals surface area (Å²) in [7, 11) is 1.61. The van der Waals surface area contributed by atoms with Crippen molar-refractivity contribution in [3.63, 3.8) is 0 Å². The molecule has 0 bridgehead atoms. The van der Waals surface area contributed by atoms with Gasteiger partial charge in [0.2, 0.25) is 0 Å². The minimum absolute atomic E-state index is 0.0726. The van der Waals surface area contributed by atoms with Gasteiger partial charge in [-0.3, -0.25) is 4.99 Å². The van der Waals surface area contributed by atoms with E-state index >= 15 is 0 Å². The van der Waals surface area contributed by atoms with Gasteiger partial charge in [0.25, 0.3) is 0 Å². The number of piperazine rings is 1. The summed E-state index contributed by atoms with van der Waals surface area (Å²) in [5.74, 6) is 0.324. The maximum absolute atomic E-state index is 14.2. The highest BCUT2D eigenvalue weighted by Gasteiger charge is 2.16. The Hall–Kier alpha value is -2.77. The number of nitrogens with two attached hydrogens (primary N) is 1. The summed E-state index contributed by atoms with van der Waals surface area (Å²) in [6, 6.07) is 6.91. The van der Waals surface area contributed by atoms with Crippen molar-refractivity contribution < 1.29 is 4.39 Å². The second-order valence-corrected chi connectivity index (χ2v) is 7.05. The first kappa shape index (κ1) is 18.6. The molecule has 1 aromatic carbocycles. The maximum Gasteiger partial charge on any atom is 0.163 e. The van der Waals surface area contributed by atoms with E-state index < -0.39 is 5.82 Å². The van der Waals surface area contributed by atoms with E-state index in [9.17, 15) is 4.39 Å². The lowest BCUT2D eigenvalue weighted by Gasteiger charge is -2.28. The summed E-state index contributed by atoms with van der Waals surface area (Å²) in [6.45, 7) is 3.57. The molecular formula is C20H20ClFN6. The summed E-state index contributed by atoms with van der Waals surface area (Å²) in [4.78, 5) is 15.3. The van der Waals surface area contributed by atoms with E-state index in [0.717, 1.165) is 42.9 Å². The van der Waals surface area contributed by atoms with Gasteiger partial charge in [-0.1, -0.05) is 11.6 Å². The van der Waals surface area contributed by atoms with Gasteiger partial charge < -0.3 is 16.0 Å². The number of aliphatic imine (C=N–C) groups is 1. The third kappa shape index (κ3) is 3.50. The topological polar surface area (TPSA) is 79.4 Å². The van der Waals surface area contributed by atoms with Gasteiger partial charge in [0.1, 0.15) is 11.6 Å². The van der Waals surface area contributed by atoms with Gasteiger partial charge >= 0.3 is 0 Å². The fraction of sp³-hybridized carbons (Fsp3) is 0.250. The Labute approximate surface area is 167 Å². The average Bonchev–Trinajstić information content (AvgIpc) is 2.72. The third-order valence-electron chi connectivity index (χ3n) is 4.80. The number of nitrogens with one attached hydrogen (secondary N) is 1. The van der Waals surface area contributed by atoms with Crippen molar-refractivity contribution in [2.75, 3.05) is 43.9 Å². The van der Waals surface area contributed by atoms with Crippen molar-refractivity contribution in [3.05, 3.63) is 46.9 Å². The van der Waals surface area contributed by atoms with E-state index in [1.54, 1.807) is 19.3 Å². The highest BCUT2D eigenvalue weighted by atomic mass is 35.5. The molecule has 3 aromatic rings. The summed E-state index contributed by atoms with van der Waals surface area (Å²) in [6.07, 6.45) is 3.20. The van der Waals surface area contributed by atoms with Crippen molar-refractivity contribution in [1.29, 1.82) is 0 Å². The van der Waals surface area contributed by atoms with Gasteiger partial charge in [0.15, 0.2) is 5.65 Å². The monoisotopic (exact) mass is 398 g/mol. The Bertz CT molecular complexity index is 1060. The Morgan fingerprint density at radius 1 is 1.21 bits per heavy atom. The number of aromatic nitrogens is 2. The molecule has 0 saturated carbocycles. The molecule has 0 aliphatic carbocycles. The fourth-order valence-electron chi connectivity index (χ4n) is 3.32. The molecule has 3 heterocycles. The second kappa shape index (κ2) is 7.69. The largest absolute Gasteiger partial charge is 0.396 e. The molecule has 1 fully saturated rings. The fourth-order valence-corrected chi connectivity index (χ4v) is 3.56. The van der Waals surface area contributed by atoms with Crippen LogP contribution in [0.2, 0.25) is 5.02 Å². The van der Waals surface area contributed by atoms with Crippen LogP contribution in [0.3, 0.4) is 0 Å². The number of anilines is 2. The van der Waals surface area contributed by atoms with E-state index in [2.05, 4.69) is 25.2 Å². The van der Waals surface area contributed by atoms with Crippen LogP contribution in [0.5, 0.6) is 0 Å². The lowest BCUT2D eigenvalue weighted by Crippen LogP contribution is -2.43. The molecule has 0 unspecified atom stereocenters. The summed E-state index contributed by atoms with van der Waals surface area (Å²) < 4.78 is 14.2. The van der Waals surface area contributed by atoms with Crippen LogP contribution in [0.1, 0.15) is 5.56 Å². The molecule has 0 radical (unpaired) electrons. The maximum atomic E-state index is 14.2. The molecule has 3 N–H and O–H groups in total. The first-order valence-corrected chi connectivity index (χ1v) is 9.38. The summed E-state index contributed by atoms with van der Waals surface area (Å²) >= 11 is 6.54. The molecule has 28 heavy (non-hydrogen) atoms. The van der Waals surface area contributed by atoms with Gasteiger partial charge in [-0.15, -0.1) is 0 Å². The number of hydrogen-bond donors (Lipinski definition) is 2. The number of hydrogen-bond acceptors (Lipinski definition) is 6. The smallest absolute Gasteiger partial charge is 0.163 e. The minimum Gasteiger partial charge on any atom is -0.396 e. The standard InChI is InChI=1S/C20H20ClFN6/c1-24-10-14-6-12(8-17(22)19(14)23)13-7-15-16(21)9-18(27-20(15)26-11-13)28-4-2-25-3-5-28/h6-11,25H,2-5,23H2,1H3. The molecular weight excluding hydrogens is 379 g/mol. The number of rotatable bonds is 3. The van der Waals surface area contributed by atoms with Crippen LogP contribution < -0.4 is 16.0 Å². The van der Waals surface area contributed by atoms with Crippen molar-refractivity contribution in [1.82, 2.24) is 15.3 Å². The van der Waals surface area contributed by atoms with Gasteiger partial charge in [0, 0.05) is 68.2 Å². The van der Waals surface area contributed by atoms with E-state index in [1.807, 2.05) is 12.1 Å². The zero-order valence-electron chi connectivity index (χ0n) is 15.4. The molecule has 1 aliphatic rings. The van der Waals surface area contributed by atoms with Gasteiger partial charge in [-0.2, -0.15) is 0 Å². The average molecular weight is 399 g/mol. The number of nitrogens with zero attached hydrogens (tertiary/aromatic N) is 4. The molecule has 1 aliphatic heterocycles. The molecule has 2 aromatic heterocycles. The summed E-state index contributed by atoms with van der Waals surface area (Å²) in [5, 5.41) is 4.61. The van der Waals surface area contributed by atoms with Crippen LogP contribution in [0.4, 0.5) is 15.9 Å². The number of halogens is 2. The lowest BCUT2D eigenvalue weighted by molar-refractivity contribution is 0.585. The van der Waals surface area contributed by atoms with Crippen LogP contribution in [-0.4, -0.2) is 49.4 Å². The van der Waals surface area contributed by atoms with Gasteiger partial charge in [0.05, 0.1) is 10.7 Å². The molecule has 0 spiro atoms. The number of fused-ring (bicyclic) bond motifs is 1. The number of nitrogen functional groups attached to an aromatic ring is 1. The summed E-state index contributed by atoms with van der Waals surface area (Å²) in [5.41, 5.74) is 8.34. The zero-order valence-corrected chi connectivity index (χ0v) is 16.2. The van der Waals surface area contributed by atoms with Crippen LogP contribution >= 0.6 is 11.6 Å². The van der Waals surface area contributed by atoms with Crippen LogP contribution in [-0.2, 0) is 0 Å². The van der Waals surface area contributed by atoms with Crippen LogP contribution in [0, 0.1) is 5.82 Å². The Kier molecular flexibility index (Phi) is 5.11. The lowest BCUT2D eigenvalue weighted by atomic mass is 10.0. The normalized spacial score (nSPS) is 14.9. The van der Waals surface area contributed by atoms with E-state index in [-0.39, 0.29) is 5.69 Å². The van der Waals surface area contributed by atoms with E-state index in [1.165, 1.54) is 12.3 Å². The number of pyridine rings is 2. The predicted octanol–water partition coefficient (Wildman–Crippen LogP) is 3.13. The zero-order chi connectivity index (χ0) is 19.7. The molecule has 6 nitrogen and oxygen atoms in total. The van der Waals surface area contributed by atoms with Crippen molar-refractivity contribution in [2.24, 2.45) is 4.99 Å². The van der Waals surface area contributed by atoms with Gasteiger partial charge in [-0.25, -0.2) is 14.4 Å². The minimum atomic E-state index is -0.495. The Balaban J connectivity index is 1.77. The molecule has 144 valence electrons. The molecule has 0 amide bonds. The first-order valence-electron chi connectivity index (χ1n) is 9.00. The van der Waals surface area contributed by atoms with Crippen LogP contribution in [0.25, 0.3) is 22.2 Å². The Morgan fingerprint density at radius 3 is 2.75 bits per heavy atom. The second-order valence-electron chi connectivity index (χ2n) is 6.64. The number of benzene rings is 1. The quantitative estimate of drug-likeness (QED) is 0.523. The molecule has 4 rings (SSSR count). The molecule has 8 heteroatoms. The molecule has 0 atom stereocenters. The third-order valence-corrected chi connectivity index (χ3v) is 5.12. The molecule has 1 saturated heterocycles. The highest BCUT2D eigenvalue weighted by Crippen LogP contribution is 2.31. The van der Waals surface area contributed by atoms with E-state index in [4.69, 9.17) is 17.3 Å². The predicted molar refractivity (Wildman–Crippen MR) is 113 cm³/mol. The van der Waals surface area contributed by atoms with Crippen molar-refractivity contribution in [3.8, 4) is 11.1 Å². The van der Waals surface area contributed by atoms with Crippen molar-refractivity contribution in [2.45, 2.75) is 0 Å². The first-order chi connectivity index (χ1) is 13.6.